The summed E-state index contributed by atoms with van der Waals surface area (Å²) in [5, 5.41) is 3.98. The van der Waals surface area contributed by atoms with Gasteiger partial charge in [-0.05, 0) is 27.2 Å². The van der Waals surface area contributed by atoms with E-state index in [1.54, 1.807) is 11.3 Å². The van der Waals surface area contributed by atoms with Crippen molar-refractivity contribution in [3.8, 4) is 0 Å². The Labute approximate surface area is 131 Å². The maximum absolute atomic E-state index is 11.4. The summed E-state index contributed by atoms with van der Waals surface area (Å²) in [4.78, 5) is 17.1. The molecule has 3 N–H and O–H groups in total. The largest absolute Gasteiger partial charge is 0.356 e. The third-order valence-electron chi connectivity index (χ3n) is 2.56. The molecule has 1 heterocycles. The number of nitrogens with one attached hydrogen (secondary N) is 1. The third-order valence-corrected chi connectivity index (χ3v) is 3.69. The Balaban J connectivity index is 0. The van der Waals surface area contributed by atoms with Crippen LogP contribution < -0.4 is 11.1 Å². The maximum atomic E-state index is 11.4. The zero-order valence-electron chi connectivity index (χ0n) is 11.6. The quantitative estimate of drug-likeness (QED) is 0.842. The highest BCUT2D eigenvalue weighted by atomic mass is 35.5. The first-order chi connectivity index (χ1) is 7.99. The number of aromatic nitrogens is 1. The monoisotopic (exact) mass is 327 g/mol. The van der Waals surface area contributed by atoms with Gasteiger partial charge in [-0.15, -0.1) is 36.2 Å². The number of nitrogens with zero attached hydrogens (tertiary/aromatic N) is 1. The maximum Gasteiger partial charge on any atom is 0.220 e. The van der Waals surface area contributed by atoms with Gasteiger partial charge in [-0.25, -0.2) is 4.98 Å². The van der Waals surface area contributed by atoms with E-state index in [-0.39, 0.29) is 36.8 Å². The molecule has 1 aromatic heterocycles. The molecule has 0 fully saturated rings. The van der Waals surface area contributed by atoms with Gasteiger partial charge in [-0.2, -0.15) is 0 Å². The Morgan fingerprint density at radius 1 is 1.42 bits per heavy atom. The van der Waals surface area contributed by atoms with E-state index >= 15 is 0 Å². The fraction of sp³-hybridized carbons (Fsp3) is 0.667. The zero-order valence-corrected chi connectivity index (χ0v) is 14.0. The molecule has 0 bridgehead atoms. The van der Waals surface area contributed by atoms with Gasteiger partial charge in [0.25, 0.3) is 0 Å². The first-order valence-electron chi connectivity index (χ1n) is 5.94. The van der Waals surface area contributed by atoms with Gasteiger partial charge in [-0.3, -0.25) is 4.79 Å². The second-order valence-corrected chi connectivity index (χ2v) is 5.65. The minimum atomic E-state index is 0. The van der Waals surface area contributed by atoms with Crippen molar-refractivity contribution in [2.45, 2.75) is 46.1 Å². The van der Waals surface area contributed by atoms with Crippen LogP contribution in [0.4, 0.5) is 0 Å². The van der Waals surface area contributed by atoms with Crippen LogP contribution in [-0.4, -0.2) is 23.5 Å². The van der Waals surface area contributed by atoms with Crippen molar-refractivity contribution in [2.75, 3.05) is 6.54 Å². The minimum absolute atomic E-state index is 0. The highest BCUT2D eigenvalue weighted by molar-refractivity contribution is 7.11. The smallest absolute Gasteiger partial charge is 0.220 e. The number of hydrogen-bond acceptors (Lipinski definition) is 4. The summed E-state index contributed by atoms with van der Waals surface area (Å²) in [6.45, 7) is 6.65. The fourth-order valence-corrected chi connectivity index (χ4v) is 2.34. The molecule has 0 aliphatic rings. The Morgan fingerprint density at radius 2 is 2.05 bits per heavy atom. The van der Waals surface area contributed by atoms with Gasteiger partial charge in [0.15, 0.2) is 0 Å². The number of hydrogen-bond donors (Lipinski definition) is 2. The first kappa shape index (κ1) is 20.9. The van der Waals surface area contributed by atoms with Crippen LogP contribution in [0.2, 0.25) is 0 Å². The molecule has 4 nitrogen and oxygen atoms in total. The molecule has 0 aliphatic heterocycles. The number of rotatable bonds is 6. The van der Waals surface area contributed by atoms with Crippen molar-refractivity contribution in [1.82, 2.24) is 10.3 Å². The Hall–Kier alpha value is -0.360. The van der Waals surface area contributed by atoms with Crippen molar-refractivity contribution in [1.29, 1.82) is 0 Å². The molecule has 7 heteroatoms. The number of amides is 1. The molecular weight excluding hydrogens is 305 g/mol. The Morgan fingerprint density at radius 3 is 2.53 bits per heavy atom. The third kappa shape index (κ3) is 8.42. The standard InChI is InChI=1S/C12H21N3OS.2ClH/c1-8(13)4-5-11(16)14-7-6-12-15-9(2)10(3)17-12;;/h8H,4-7,13H2,1-3H3,(H,14,16);2*1H. The lowest BCUT2D eigenvalue weighted by Crippen LogP contribution is -2.27. The number of thiazole rings is 1. The summed E-state index contributed by atoms with van der Waals surface area (Å²) < 4.78 is 0. The summed E-state index contributed by atoms with van der Waals surface area (Å²) >= 11 is 1.70. The minimum Gasteiger partial charge on any atom is -0.356 e. The molecule has 0 radical (unpaired) electrons. The number of carbonyl (C=O) groups is 1. The number of carbonyl (C=O) groups excluding carboxylic acids is 1. The van der Waals surface area contributed by atoms with Gasteiger partial charge in [0.2, 0.25) is 5.91 Å². The Kier molecular flexibility index (Phi) is 11.5. The molecular formula is C12H23Cl2N3OS. The normalized spacial score (nSPS) is 11.2. The SMILES string of the molecule is Cc1nc(CCNC(=O)CCC(C)N)sc1C.Cl.Cl. The summed E-state index contributed by atoms with van der Waals surface area (Å²) in [7, 11) is 0. The molecule has 1 aromatic rings. The first-order valence-corrected chi connectivity index (χ1v) is 6.76. The number of aryl methyl sites for hydroxylation is 2. The summed E-state index contributed by atoms with van der Waals surface area (Å²) in [5.41, 5.74) is 6.68. The van der Waals surface area contributed by atoms with E-state index in [1.165, 1.54) is 4.88 Å². The summed E-state index contributed by atoms with van der Waals surface area (Å²) in [6, 6.07) is 0.0880. The zero-order chi connectivity index (χ0) is 12.8. The highest BCUT2D eigenvalue weighted by Gasteiger charge is 2.05. The Bertz CT molecular complexity index is 364. The number of nitrogens with two attached hydrogens (primary N) is 1. The fourth-order valence-electron chi connectivity index (χ4n) is 1.40. The van der Waals surface area contributed by atoms with Gasteiger partial charge in [-0.1, -0.05) is 0 Å². The van der Waals surface area contributed by atoms with Crippen molar-refractivity contribution >= 4 is 42.1 Å². The lowest BCUT2D eigenvalue weighted by molar-refractivity contribution is -0.121. The van der Waals surface area contributed by atoms with Crippen molar-refractivity contribution in [3.05, 3.63) is 15.6 Å². The topological polar surface area (TPSA) is 68.0 Å². The van der Waals surface area contributed by atoms with Crippen LogP contribution in [0.25, 0.3) is 0 Å². The predicted molar refractivity (Wildman–Crippen MR) is 85.7 cm³/mol. The lowest BCUT2D eigenvalue weighted by atomic mass is 10.2. The van der Waals surface area contributed by atoms with Crippen molar-refractivity contribution in [2.24, 2.45) is 5.73 Å². The van der Waals surface area contributed by atoms with E-state index in [4.69, 9.17) is 5.73 Å². The molecule has 112 valence electrons. The molecule has 19 heavy (non-hydrogen) atoms. The van der Waals surface area contributed by atoms with Gasteiger partial charge < -0.3 is 11.1 Å². The molecule has 1 amide bonds. The summed E-state index contributed by atoms with van der Waals surface area (Å²) in [6.07, 6.45) is 2.05. The van der Waals surface area contributed by atoms with Crippen LogP contribution in [0.5, 0.6) is 0 Å². The average Bonchev–Trinajstić information content (AvgIpc) is 2.55. The van der Waals surface area contributed by atoms with E-state index in [9.17, 15) is 4.79 Å². The molecule has 1 rings (SSSR count). The van der Waals surface area contributed by atoms with Crippen LogP contribution in [0.1, 0.15) is 35.3 Å². The summed E-state index contributed by atoms with van der Waals surface area (Å²) in [5.74, 6) is 0.0762. The predicted octanol–water partition coefficient (Wildman–Crippen LogP) is 2.39. The van der Waals surface area contributed by atoms with E-state index in [1.807, 2.05) is 13.8 Å². The van der Waals surface area contributed by atoms with Crippen LogP contribution in [-0.2, 0) is 11.2 Å². The molecule has 0 spiro atoms. The highest BCUT2D eigenvalue weighted by Crippen LogP contribution is 2.16. The molecule has 0 aliphatic carbocycles. The van der Waals surface area contributed by atoms with Crippen molar-refractivity contribution in [3.63, 3.8) is 0 Å². The van der Waals surface area contributed by atoms with E-state index in [0.717, 1.165) is 23.5 Å². The molecule has 1 atom stereocenters. The van der Waals surface area contributed by atoms with E-state index < -0.39 is 0 Å². The second kappa shape index (κ2) is 10.4. The number of halogens is 2. The second-order valence-electron chi connectivity index (χ2n) is 4.37. The van der Waals surface area contributed by atoms with Gasteiger partial charge in [0.05, 0.1) is 10.7 Å². The molecule has 0 aromatic carbocycles. The van der Waals surface area contributed by atoms with Crippen LogP contribution in [0.3, 0.4) is 0 Å². The molecule has 1 unspecified atom stereocenters. The van der Waals surface area contributed by atoms with Gasteiger partial charge in [0.1, 0.15) is 0 Å². The van der Waals surface area contributed by atoms with Gasteiger partial charge >= 0.3 is 0 Å². The lowest BCUT2D eigenvalue weighted by Gasteiger charge is -2.05. The van der Waals surface area contributed by atoms with E-state index in [2.05, 4.69) is 17.2 Å². The molecule has 0 saturated carbocycles. The van der Waals surface area contributed by atoms with Crippen molar-refractivity contribution < 1.29 is 4.79 Å². The average molecular weight is 328 g/mol. The van der Waals surface area contributed by atoms with E-state index in [0.29, 0.717) is 13.0 Å². The van der Waals surface area contributed by atoms with Crippen LogP contribution in [0, 0.1) is 13.8 Å². The molecule has 0 saturated heterocycles. The van der Waals surface area contributed by atoms with Gasteiger partial charge in [0, 0.05) is 30.3 Å². The van der Waals surface area contributed by atoms with Crippen LogP contribution >= 0.6 is 36.2 Å². The van der Waals surface area contributed by atoms with Crippen LogP contribution in [0.15, 0.2) is 0 Å².